The Labute approximate surface area is 204 Å². The standard InChI is InChI=1S/C29H41N3O2/c1-4-23(3)24-16-18-25(19-17-24)34-22-12-11-21-32-27-14-9-8-13-26(27)31-28(32)15-7-6-10-20-30-29(33)5-2/h8-9,13-14,16-19,23H,4-7,10-12,15,20-22H2,1-3H3,(H,30,33). The van der Waals surface area contributed by atoms with Crippen LogP contribution < -0.4 is 10.1 Å². The maximum atomic E-state index is 11.4. The van der Waals surface area contributed by atoms with E-state index in [2.05, 4.69) is 72.3 Å². The number of aryl methyl sites for hydroxylation is 2. The van der Waals surface area contributed by atoms with E-state index in [0.717, 1.165) is 75.9 Å². The van der Waals surface area contributed by atoms with Crippen LogP contribution in [0.25, 0.3) is 11.0 Å². The Bertz CT molecular complexity index is 1010. The van der Waals surface area contributed by atoms with Crippen molar-refractivity contribution in [3.63, 3.8) is 0 Å². The molecule has 0 saturated heterocycles. The zero-order chi connectivity index (χ0) is 24.2. The molecule has 5 nitrogen and oxygen atoms in total. The van der Waals surface area contributed by atoms with Crippen molar-refractivity contribution in [2.24, 2.45) is 0 Å². The summed E-state index contributed by atoms with van der Waals surface area (Å²) < 4.78 is 8.37. The fraction of sp³-hybridized carbons (Fsp3) is 0.517. The highest BCUT2D eigenvalue weighted by Gasteiger charge is 2.10. The van der Waals surface area contributed by atoms with E-state index in [-0.39, 0.29) is 5.91 Å². The number of ether oxygens (including phenoxy) is 1. The molecule has 0 aliphatic carbocycles. The SMILES string of the molecule is CCC(=O)NCCCCCc1nc2ccccc2n1CCCCOc1ccc(C(C)CC)cc1. The molecule has 34 heavy (non-hydrogen) atoms. The first-order valence-corrected chi connectivity index (χ1v) is 13.1. The van der Waals surface area contributed by atoms with Gasteiger partial charge in [0.25, 0.3) is 0 Å². The topological polar surface area (TPSA) is 56.2 Å². The van der Waals surface area contributed by atoms with E-state index < -0.39 is 0 Å². The fourth-order valence-electron chi connectivity index (χ4n) is 4.19. The Balaban J connectivity index is 1.45. The lowest BCUT2D eigenvalue weighted by molar-refractivity contribution is -0.120. The summed E-state index contributed by atoms with van der Waals surface area (Å²) in [5.41, 5.74) is 3.67. The molecule has 1 N–H and O–H groups in total. The Kier molecular flexibility index (Phi) is 10.5. The lowest BCUT2D eigenvalue weighted by atomic mass is 9.99. The maximum Gasteiger partial charge on any atom is 0.219 e. The van der Waals surface area contributed by atoms with E-state index in [9.17, 15) is 4.79 Å². The Morgan fingerprint density at radius 3 is 2.56 bits per heavy atom. The number of rotatable bonds is 15. The Morgan fingerprint density at radius 2 is 1.79 bits per heavy atom. The molecule has 3 aromatic rings. The monoisotopic (exact) mass is 463 g/mol. The summed E-state index contributed by atoms with van der Waals surface area (Å²) in [4.78, 5) is 16.3. The van der Waals surface area contributed by atoms with Gasteiger partial charge in [0.05, 0.1) is 17.6 Å². The van der Waals surface area contributed by atoms with Gasteiger partial charge in [0.2, 0.25) is 5.91 Å². The summed E-state index contributed by atoms with van der Waals surface area (Å²) in [7, 11) is 0. The summed E-state index contributed by atoms with van der Waals surface area (Å²) in [6.45, 7) is 8.82. The van der Waals surface area contributed by atoms with Gasteiger partial charge in [-0.05, 0) is 67.9 Å². The van der Waals surface area contributed by atoms with Gasteiger partial charge >= 0.3 is 0 Å². The van der Waals surface area contributed by atoms with Crippen molar-refractivity contribution in [3.8, 4) is 5.75 Å². The van der Waals surface area contributed by atoms with Crippen LogP contribution in [0.2, 0.25) is 0 Å². The minimum atomic E-state index is 0.133. The second kappa shape index (κ2) is 13.8. The van der Waals surface area contributed by atoms with Crippen LogP contribution >= 0.6 is 0 Å². The summed E-state index contributed by atoms with van der Waals surface area (Å²) in [5.74, 6) is 2.85. The molecule has 0 bridgehead atoms. The lowest BCUT2D eigenvalue weighted by Gasteiger charge is -2.12. The third kappa shape index (κ3) is 7.61. The number of nitrogens with zero attached hydrogens (tertiary/aromatic N) is 2. The molecule has 0 radical (unpaired) electrons. The second-order valence-electron chi connectivity index (χ2n) is 9.12. The molecule has 0 spiro atoms. The predicted molar refractivity (Wildman–Crippen MR) is 140 cm³/mol. The van der Waals surface area contributed by atoms with Crippen LogP contribution in [0.5, 0.6) is 5.75 Å². The van der Waals surface area contributed by atoms with E-state index in [1.54, 1.807) is 0 Å². The molecule has 1 unspecified atom stereocenters. The number of aromatic nitrogens is 2. The minimum absolute atomic E-state index is 0.133. The number of imidazole rings is 1. The third-order valence-corrected chi connectivity index (χ3v) is 6.56. The van der Waals surface area contributed by atoms with Crippen molar-refractivity contribution in [2.75, 3.05) is 13.2 Å². The van der Waals surface area contributed by atoms with Crippen molar-refractivity contribution in [3.05, 3.63) is 59.9 Å². The van der Waals surface area contributed by atoms with Gasteiger partial charge in [-0.1, -0.05) is 51.5 Å². The molecule has 184 valence electrons. The van der Waals surface area contributed by atoms with Gasteiger partial charge in [-0.2, -0.15) is 0 Å². The van der Waals surface area contributed by atoms with E-state index in [1.165, 1.54) is 16.9 Å². The zero-order valence-corrected chi connectivity index (χ0v) is 21.2. The van der Waals surface area contributed by atoms with Crippen molar-refractivity contribution in [1.29, 1.82) is 0 Å². The van der Waals surface area contributed by atoms with Gasteiger partial charge in [0, 0.05) is 25.9 Å². The van der Waals surface area contributed by atoms with Crippen LogP contribution in [0, 0.1) is 0 Å². The highest BCUT2D eigenvalue weighted by Crippen LogP contribution is 2.22. The normalized spacial score (nSPS) is 12.1. The first-order valence-electron chi connectivity index (χ1n) is 13.1. The number of hydrogen-bond acceptors (Lipinski definition) is 3. The first kappa shape index (κ1) is 25.8. The molecule has 0 fully saturated rings. The molecule has 1 aromatic heterocycles. The van der Waals surface area contributed by atoms with Crippen LogP contribution in [0.4, 0.5) is 0 Å². The molecule has 1 heterocycles. The highest BCUT2D eigenvalue weighted by atomic mass is 16.5. The van der Waals surface area contributed by atoms with E-state index >= 15 is 0 Å². The second-order valence-corrected chi connectivity index (χ2v) is 9.12. The van der Waals surface area contributed by atoms with Gasteiger partial charge in [-0.3, -0.25) is 4.79 Å². The number of benzene rings is 2. The largest absolute Gasteiger partial charge is 0.494 e. The number of fused-ring (bicyclic) bond motifs is 1. The molecular weight excluding hydrogens is 422 g/mol. The van der Waals surface area contributed by atoms with Crippen molar-refractivity contribution >= 4 is 16.9 Å². The van der Waals surface area contributed by atoms with Crippen molar-refractivity contribution in [1.82, 2.24) is 14.9 Å². The molecule has 0 aliphatic rings. The fourth-order valence-corrected chi connectivity index (χ4v) is 4.19. The third-order valence-electron chi connectivity index (χ3n) is 6.56. The van der Waals surface area contributed by atoms with Crippen LogP contribution in [0.1, 0.15) is 83.0 Å². The van der Waals surface area contributed by atoms with E-state index in [0.29, 0.717) is 12.3 Å². The van der Waals surface area contributed by atoms with Crippen LogP contribution in [0.3, 0.4) is 0 Å². The number of nitrogens with one attached hydrogen (secondary N) is 1. The van der Waals surface area contributed by atoms with Gasteiger partial charge in [-0.15, -0.1) is 0 Å². The van der Waals surface area contributed by atoms with Gasteiger partial charge in [0.1, 0.15) is 11.6 Å². The molecule has 1 amide bonds. The summed E-state index contributed by atoms with van der Waals surface area (Å²) >= 11 is 0. The summed E-state index contributed by atoms with van der Waals surface area (Å²) in [5, 5.41) is 2.95. The number of hydrogen-bond donors (Lipinski definition) is 1. The average Bonchev–Trinajstić information content (AvgIpc) is 3.22. The van der Waals surface area contributed by atoms with Crippen LogP contribution in [-0.2, 0) is 17.8 Å². The molecule has 2 aromatic carbocycles. The van der Waals surface area contributed by atoms with Gasteiger partial charge in [-0.25, -0.2) is 4.98 Å². The van der Waals surface area contributed by atoms with Crippen LogP contribution in [-0.4, -0.2) is 28.6 Å². The average molecular weight is 464 g/mol. The quantitative estimate of drug-likeness (QED) is 0.257. The van der Waals surface area contributed by atoms with Gasteiger partial charge < -0.3 is 14.6 Å². The van der Waals surface area contributed by atoms with E-state index in [1.807, 2.05) is 6.92 Å². The molecule has 3 rings (SSSR count). The summed E-state index contributed by atoms with van der Waals surface area (Å²) in [6, 6.07) is 17.0. The highest BCUT2D eigenvalue weighted by molar-refractivity contribution is 5.76. The number of amides is 1. The smallest absolute Gasteiger partial charge is 0.219 e. The number of para-hydroxylation sites is 2. The van der Waals surface area contributed by atoms with E-state index in [4.69, 9.17) is 9.72 Å². The Hall–Kier alpha value is -2.82. The maximum absolute atomic E-state index is 11.4. The van der Waals surface area contributed by atoms with Crippen molar-refractivity contribution < 1.29 is 9.53 Å². The molecule has 5 heteroatoms. The molecule has 0 saturated carbocycles. The molecule has 1 atom stereocenters. The zero-order valence-electron chi connectivity index (χ0n) is 21.2. The Morgan fingerprint density at radius 1 is 1.00 bits per heavy atom. The van der Waals surface area contributed by atoms with Crippen LogP contribution in [0.15, 0.2) is 48.5 Å². The lowest BCUT2D eigenvalue weighted by Crippen LogP contribution is -2.23. The number of carbonyl (C=O) groups excluding carboxylic acids is 1. The summed E-state index contributed by atoms with van der Waals surface area (Å²) in [6.07, 6.45) is 7.94. The number of unbranched alkanes of at least 4 members (excludes halogenated alkanes) is 3. The first-order chi connectivity index (χ1) is 16.6. The minimum Gasteiger partial charge on any atom is -0.494 e. The molecule has 0 aliphatic heterocycles. The van der Waals surface area contributed by atoms with Crippen molar-refractivity contribution in [2.45, 2.75) is 84.6 Å². The molecular formula is C29H41N3O2. The van der Waals surface area contributed by atoms with Gasteiger partial charge in [0.15, 0.2) is 0 Å². The number of carbonyl (C=O) groups is 1. The predicted octanol–water partition coefficient (Wildman–Crippen LogP) is 6.65.